The Morgan fingerprint density at radius 1 is 1.09 bits per heavy atom. The fraction of sp³-hybridized carbons (Fsp3) is 0.429. The number of ether oxygens (including phenoxy) is 1. The second-order valence-corrected chi connectivity index (χ2v) is 10.0. The van der Waals surface area contributed by atoms with Crippen molar-refractivity contribution in [3.63, 3.8) is 0 Å². The van der Waals surface area contributed by atoms with Crippen molar-refractivity contribution in [2.75, 3.05) is 18.0 Å². The van der Waals surface area contributed by atoms with Gasteiger partial charge in [0.1, 0.15) is 5.75 Å². The highest BCUT2D eigenvalue weighted by atomic mass is 19.1. The zero-order valence-electron chi connectivity index (χ0n) is 20.0. The van der Waals surface area contributed by atoms with E-state index in [0.29, 0.717) is 11.8 Å². The van der Waals surface area contributed by atoms with E-state index in [1.54, 1.807) is 18.2 Å². The molecule has 2 aromatic carbocycles. The highest BCUT2D eigenvalue weighted by molar-refractivity contribution is 5.99. The van der Waals surface area contributed by atoms with Gasteiger partial charge in [-0.3, -0.25) is 9.48 Å². The number of piperidine rings is 1. The zero-order chi connectivity index (χ0) is 23.9. The summed E-state index contributed by atoms with van der Waals surface area (Å²) in [6.45, 7) is 4.09. The third kappa shape index (κ3) is 4.22. The van der Waals surface area contributed by atoms with E-state index in [1.165, 1.54) is 6.07 Å². The SMILES string of the molecule is CC1CCc2c(ccc(-c3cnn(C4CCNCC4)c3)c2Oc2ccccc2F)N1C(=O)C1CC1. The van der Waals surface area contributed by atoms with Gasteiger partial charge in [-0.1, -0.05) is 12.1 Å². The van der Waals surface area contributed by atoms with Gasteiger partial charge in [0.15, 0.2) is 11.6 Å². The predicted molar refractivity (Wildman–Crippen MR) is 133 cm³/mol. The Kier molecular flexibility index (Phi) is 5.80. The smallest absolute Gasteiger partial charge is 0.230 e. The highest BCUT2D eigenvalue weighted by Crippen LogP contribution is 2.46. The first-order chi connectivity index (χ1) is 17.1. The summed E-state index contributed by atoms with van der Waals surface area (Å²) in [6, 6.07) is 11.0. The lowest BCUT2D eigenvalue weighted by Gasteiger charge is -2.36. The average molecular weight is 475 g/mol. The largest absolute Gasteiger partial charge is 0.453 e. The van der Waals surface area contributed by atoms with Crippen LogP contribution in [0.5, 0.6) is 11.5 Å². The third-order valence-electron chi connectivity index (χ3n) is 7.56. The summed E-state index contributed by atoms with van der Waals surface area (Å²) in [5.41, 5.74) is 3.67. The molecular formula is C28H31FN4O2. The van der Waals surface area contributed by atoms with Crippen molar-refractivity contribution in [1.82, 2.24) is 15.1 Å². The summed E-state index contributed by atoms with van der Waals surface area (Å²) >= 11 is 0. The molecule has 0 radical (unpaired) electrons. The van der Waals surface area contributed by atoms with E-state index in [2.05, 4.69) is 23.5 Å². The molecule has 1 aromatic heterocycles. The summed E-state index contributed by atoms with van der Waals surface area (Å²) in [7, 11) is 0. The second kappa shape index (κ2) is 9.11. The van der Waals surface area contributed by atoms with Crippen molar-refractivity contribution < 1.29 is 13.9 Å². The first-order valence-corrected chi connectivity index (χ1v) is 12.8. The van der Waals surface area contributed by atoms with Crippen LogP contribution in [0.4, 0.5) is 10.1 Å². The molecule has 35 heavy (non-hydrogen) atoms. The highest BCUT2D eigenvalue weighted by Gasteiger charge is 2.39. The minimum absolute atomic E-state index is 0.127. The normalized spacial score (nSPS) is 20.5. The minimum Gasteiger partial charge on any atom is -0.453 e. The van der Waals surface area contributed by atoms with Crippen LogP contribution >= 0.6 is 0 Å². The Balaban J connectivity index is 1.45. The fourth-order valence-corrected chi connectivity index (χ4v) is 5.40. The molecule has 1 N–H and O–H groups in total. The molecule has 2 fully saturated rings. The number of nitrogens with one attached hydrogen (secondary N) is 1. The fourth-order valence-electron chi connectivity index (χ4n) is 5.40. The maximum atomic E-state index is 14.7. The number of carbonyl (C=O) groups excluding carboxylic acids is 1. The van der Waals surface area contributed by atoms with Crippen LogP contribution in [0.2, 0.25) is 0 Å². The summed E-state index contributed by atoms with van der Waals surface area (Å²) in [4.78, 5) is 15.1. The molecule has 6 rings (SSSR count). The van der Waals surface area contributed by atoms with Gasteiger partial charge in [0.05, 0.1) is 17.9 Å². The lowest BCUT2D eigenvalue weighted by Crippen LogP contribution is -2.43. The van der Waals surface area contributed by atoms with E-state index in [1.807, 2.05) is 27.9 Å². The molecule has 1 unspecified atom stereocenters. The molecule has 2 aliphatic heterocycles. The van der Waals surface area contributed by atoms with Gasteiger partial charge in [-0.15, -0.1) is 0 Å². The van der Waals surface area contributed by atoms with Crippen LogP contribution in [-0.4, -0.2) is 34.8 Å². The van der Waals surface area contributed by atoms with E-state index in [9.17, 15) is 9.18 Å². The van der Waals surface area contributed by atoms with E-state index in [-0.39, 0.29) is 23.6 Å². The van der Waals surface area contributed by atoms with Gasteiger partial charge in [0.2, 0.25) is 5.91 Å². The van der Waals surface area contributed by atoms with E-state index < -0.39 is 5.82 Å². The van der Waals surface area contributed by atoms with Gasteiger partial charge < -0.3 is 15.0 Å². The molecule has 6 nitrogen and oxygen atoms in total. The Hall–Kier alpha value is -3.19. The molecule has 0 spiro atoms. The first kappa shape index (κ1) is 22.3. The van der Waals surface area contributed by atoms with Gasteiger partial charge in [-0.05, 0) is 82.8 Å². The first-order valence-electron chi connectivity index (χ1n) is 12.8. The Labute approximate surface area is 205 Å². The number of carbonyl (C=O) groups is 1. The summed E-state index contributed by atoms with van der Waals surface area (Å²) in [5, 5.41) is 8.07. The third-order valence-corrected chi connectivity index (χ3v) is 7.56. The monoisotopic (exact) mass is 474 g/mol. The molecule has 1 amide bonds. The number of rotatable bonds is 5. The molecule has 0 bridgehead atoms. The van der Waals surface area contributed by atoms with Gasteiger partial charge in [0.25, 0.3) is 0 Å². The molecule has 7 heteroatoms. The number of nitrogens with zero attached hydrogens (tertiary/aromatic N) is 3. The number of para-hydroxylation sites is 1. The van der Waals surface area contributed by atoms with Gasteiger partial charge in [-0.2, -0.15) is 5.10 Å². The molecule has 1 saturated carbocycles. The Morgan fingerprint density at radius 2 is 1.89 bits per heavy atom. The Morgan fingerprint density at radius 3 is 2.66 bits per heavy atom. The van der Waals surface area contributed by atoms with Crippen LogP contribution in [-0.2, 0) is 11.2 Å². The number of amides is 1. The van der Waals surface area contributed by atoms with Crippen LogP contribution in [0.15, 0.2) is 48.8 Å². The van der Waals surface area contributed by atoms with Crippen molar-refractivity contribution >= 4 is 11.6 Å². The number of hydrogen-bond acceptors (Lipinski definition) is 4. The van der Waals surface area contributed by atoms with Crippen LogP contribution in [0.1, 0.15) is 50.6 Å². The van der Waals surface area contributed by atoms with Crippen molar-refractivity contribution in [3.8, 4) is 22.6 Å². The molecular weight excluding hydrogens is 443 g/mol. The quantitative estimate of drug-likeness (QED) is 0.532. The minimum atomic E-state index is -0.406. The van der Waals surface area contributed by atoms with E-state index in [4.69, 9.17) is 4.74 Å². The van der Waals surface area contributed by atoms with Gasteiger partial charge in [-0.25, -0.2) is 4.39 Å². The van der Waals surface area contributed by atoms with Gasteiger partial charge >= 0.3 is 0 Å². The summed E-state index contributed by atoms with van der Waals surface area (Å²) < 4.78 is 23.0. The molecule has 1 aliphatic carbocycles. The summed E-state index contributed by atoms with van der Waals surface area (Å²) in [6.07, 6.45) is 9.57. The van der Waals surface area contributed by atoms with Crippen molar-refractivity contribution in [2.45, 2.75) is 57.5 Å². The molecule has 3 heterocycles. The lowest BCUT2D eigenvalue weighted by atomic mass is 9.92. The zero-order valence-corrected chi connectivity index (χ0v) is 20.0. The average Bonchev–Trinajstić information content (AvgIpc) is 3.62. The number of halogens is 1. The maximum Gasteiger partial charge on any atom is 0.230 e. The van der Waals surface area contributed by atoms with Crippen molar-refractivity contribution in [3.05, 3.63) is 60.2 Å². The van der Waals surface area contributed by atoms with Crippen LogP contribution in [0.3, 0.4) is 0 Å². The van der Waals surface area contributed by atoms with Crippen molar-refractivity contribution in [1.29, 1.82) is 0 Å². The number of hydrogen-bond donors (Lipinski definition) is 1. The maximum absolute atomic E-state index is 14.7. The number of benzene rings is 2. The number of fused-ring (bicyclic) bond motifs is 1. The lowest BCUT2D eigenvalue weighted by molar-refractivity contribution is -0.120. The number of aromatic nitrogens is 2. The van der Waals surface area contributed by atoms with Crippen LogP contribution in [0, 0.1) is 11.7 Å². The standard InChI is InChI=1S/C28H31FN4O2/c1-18-6-9-23-25(33(18)28(34)19-7-8-19)11-10-22(27(23)35-26-5-3-2-4-24(26)29)20-16-31-32(17-20)21-12-14-30-15-13-21/h2-5,10-11,16-19,21,30H,6-9,12-15H2,1H3. The van der Waals surface area contributed by atoms with E-state index in [0.717, 1.165) is 74.0 Å². The molecule has 1 atom stereocenters. The Bertz CT molecular complexity index is 1250. The molecule has 182 valence electrons. The predicted octanol–water partition coefficient (Wildman–Crippen LogP) is 5.48. The van der Waals surface area contributed by atoms with E-state index >= 15 is 0 Å². The van der Waals surface area contributed by atoms with Crippen molar-refractivity contribution in [2.24, 2.45) is 5.92 Å². The molecule has 3 aromatic rings. The molecule has 3 aliphatic rings. The molecule has 1 saturated heterocycles. The number of anilines is 1. The van der Waals surface area contributed by atoms with Crippen LogP contribution < -0.4 is 15.0 Å². The topological polar surface area (TPSA) is 59.4 Å². The van der Waals surface area contributed by atoms with Crippen LogP contribution in [0.25, 0.3) is 11.1 Å². The second-order valence-electron chi connectivity index (χ2n) is 10.0. The summed E-state index contributed by atoms with van der Waals surface area (Å²) in [5.74, 6) is 0.727. The van der Waals surface area contributed by atoms with Gasteiger partial charge in [0, 0.05) is 34.8 Å².